The first-order valence-electron chi connectivity index (χ1n) is 5.65. The van der Waals surface area contributed by atoms with Gasteiger partial charge in [0.15, 0.2) is 4.90 Å². The monoisotopic (exact) mass is 396 g/mol. The molecular weight excluding hydrogens is 386 g/mol. The summed E-state index contributed by atoms with van der Waals surface area (Å²) in [5.41, 5.74) is 5.83. The molecule has 0 bridgehead atoms. The first-order valence-corrected chi connectivity index (χ1v) is 8.77. The van der Waals surface area contributed by atoms with Gasteiger partial charge in [-0.05, 0) is 45.1 Å². The van der Waals surface area contributed by atoms with Crippen molar-refractivity contribution < 1.29 is 17.2 Å². The lowest BCUT2D eigenvalue weighted by Gasteiger charge is -2.17. The van der Waals surface area contributed by atoms with E-state index in [0.717, 1.165) is 20.2 Å². The number of thiophene rings is 1. The molecule has 2 N–H and O–H groups in total. The van der Waals surface area contributed by atoms with Crippen LogP contribution in [-0.2, 0) is 16.6 Å². The van der Waals surface area contributed by atoms with Crippen LogP contribution in [0.5, 0.6) is 0 Å². The van der Waals surface area contributed by atoms with E-state index in [1.54, 1.807) is 11.4 Å². The smallest absolute Gasteiger partial charge is 0.248 e. The third-order valence-corrected chi connectivity index (χ3v) is 6.12. The Bertz CT molecular complexity index is 754. The number of benzene rings is 1. The molecule has 1 aromatic carbocycles. The van der Waals surface area contributed by atoms with Gasteiger partial charge in [0.25, 0.3) is 0 Å². The average molecular weight is 397 g/mol. The molecule has 4 nitrogen and oxygen atoms in total. The normalized spacial score (nSPS) is 12.0. The van der Waals surface area contributed by atoms with Crippen LogP contribution in [0.1, 0.15) is 5.56 Å². The fourth-order valence-electron chi connectivity index (χ4n) is 1.75. The molecule has 1 heterocycles. The van der Waals surface area contributed by atoms with Gasteiger partial charge in [-0.15, -0.1) is 11.3 Å². The van der Waals surface area contributed by atoms with Gasteiger partial charge in [0.1, 0.15) is 11.6 Å². The highest BCUT2D eigenvalue weighted by Crippen LogP contribution is 2.27. The molecule has 0 saturated heterocycles. The van der Waals surface area contributed by atoms with Crippen LogP contribution in [0.3, 0.4) is 0 Å². The van der Waals surface area contributed by atoms with Crippen molar-refractivity contribution in [3.05, 3.63) is 44.6 Å². The van der Waals surface area contributed by atoms with Crippen molar-refractivity contribution in [2.45, 2.75) is 11.4 Å². The van der Waals surface area contributed by atoms with Crippen LogP contribution < -0.4 is 5.73 Å². The van der Waals surface area contributed by atoms with E-state index in [0.29, 0.717) is 5.56 Å². The number of hydrogen-bond acceptors (Lipinski definition) is 4. The van der Waals surface area contributed by atoms with Crippen molar-refractivity contribution in [1.82, 2.24) is 4.31 Å². The molecule has 114 valence electrons. The summed E-state index contributed by atoms with van der Waals surface area (Å²) in [7, 11) is -3.03. The second-order valence-electron chi connectivity index (χ2n) is 4.33. The minimum atomic E-state index is -4.29. The van der Waals surface area contributed by atoms with Gasteiger partial charge in [-0.3, -0.25) is 0 Å². The van der Waals surface area contributed by atoms with Crippen LogP contribution in [0.15, 0.2) is 32.3 Å². The van der Waals surface area contributed by atoms with Crippen LogP contribution in [0.25, 0.3) is 0 Å². The number of hydrogen-bond donors (Lipinski definition) is 1. The van der Waals surface area contributed by atoms with E-state index in [2.05, 4.69) is 15.9 Å². The zero-order valence-electron chi connectivity index (χ0n) is 10.8. The summed E-state index contributed by atoms with van der Waals surface area (Å²) in [4.78, 5) is -0.992. The minimum Gasteiger partial charge on any atom is -0.399 e. The maximum atomic E-state index is 13.8. The standard InChI is InChI=1S/C12H11BrF2N2O2S2/c1-17(5-7-2-11(13)20-6-7)21(18,19)12-9(14)3-8(16)4-10(12)15/h2-4,6H,5,16H2,1H3. The van der Waals surface area contributed by atoms with Crippen LogP contribution >= 0.6 is 27.3 Å². The molecule has 0 atom stereocenters. The number of anilines is 1. The molecule has 0 amide bonds. The Morgan fingerprint density at radius 1 is 1.29 bits per heavy atom. The summed E-state index contributed by atoms with van der Waals surface area (Å²) in [6.07, 6.45) is 0. The molecular formula is C12H11BrF2N2O2S2. The first kappa shape index (κ1) is 16.3. The summed E-state index contributed by atoms with van der Waals surface area (Å²) >= 11 is 4.66. The summed E-state index contributed by atoms with van der Waals surface area (Å²) in [6.45, 7) is 0.00763. The van der Waals surface area contributed by atoms with Crippen molar-refractivity contribution in [1.29, 1.82) is 0 Å². The quantitative estimate of drug-likeness (QED) is 0.807. The molecule has 9 heteroatoms. The number of halogens is 3. The number of rotatable bonds is 4. The Morgan fingerprint density at radius 2 is 1.86 bits per heavy atom. The van der Waals surface area contributed by atoms with Crippen LogP contribution in [-0.4, -0.2) is 19.8 Å². The highest BCUT2D eigenvalue weighted by atomic mass is 79.9. The Labute approximate surface area is 133 Å². The van der Waals surface area contributed by atoms with E-state index in [4.69, 9.17) is 5.73 Å². The molecule has 0 fully saturated rings. The van der Waals surface area contributed by atoms with Gasteiger partial charge in [-0.25, -0.2) is 17.2 Å². The van der Waals surface area contributed by atoms with E-state index in [9.17, 15) is 17.2 Å². The van der Waals surface area contributed by atoms with Crippen molar-refractivity contribution in [2.75, 3.05) is 12.8 Å². The Morgan fingerprint density at radius 3 is 2.33 bits per heavy atom. The zero-order chi connectivity index (χ0) is 15.8. The van der Waals surface area contributed by atoms with Gasteiger partial charge in [0.05, 0.1) is 3.79 Å². The van der Waals surface area contributed by atoms with Gasteiger partial charge < -0.3 is 5.73 Å². The maximum Gasteiger partial charge on any atom is 0.248 e. The second-order valence-corrected chi connectivity index (χ2v) is 8.61. The summed E-state index contributed by atoms with van der Waals surface area (Å²) in [6, 6.07) is 3.31. The van der Waals surface area contributed by atoms with Crippen LogP contribution in [0, 0.1) is 11.6 Å². The number of sulfonamides is 1. The molecule has 0 saturated carbocycles. The number of nitrogen functional groups attached to an aromatic ring is 1. The Hall–Kier alpha value is -1.03. The lowest BCUT2D eigenvalue weighted by atomic mass is 10.3. The van der Waals surface area contributed by atoms with E-state index >= 15 is 0 Å². The fraction of sp³-hybridized carbons (Fsp3) is 0.167. The third-order valence-electron chi connectivity index (χ3n) is 2.72. The zero-order valence-corrected chi connectivity index (χ0v) is 14.0. The van der Waals surface area contributed by atoms with Gasteiger partial charge >= 0.3 is 0 Å². The predicted octanol–water partition coefficient (Wildman–Crippen LogP) is 3.19. The van der Waals surface area contributed by atoms with E-state index in [1.165, 1.54) is 18.4 Å². The SMILES string of the molecule is CN(Cc1csc(Br)c1)S(=O)(=O)c1c(F)cc(N)cc1F. The fourth-order valence-corrected chi connectivity index (χ4v) is 4.19. The lowest BCUT2D eigenvalue weighted by molar-refractivity contribution is 0.448. The van der Waals surface area contributed by atoms with E-state index in [-0.39, 0.29) is 12.2 Å². The average Bonchev–Trinajstić information content (AvgIpc) is 2.72. The molecule has 0 aliphatic heterocycles. The second kappa shape index (κ2) is 5.99. The summed E-state index contributed by atoms with van der Waals surface area (Å²) in [5.74, 6) is -2.41. The molecule has 0 radical (unpaired) electrons. The van der Waals surface area contributed by atoms with Crippen LogP contribution in [0.4, 0.5) is 14.5 Å². The van der Waals surface area contributed by atoms with Gasteiger partial charge in [-0.2, -0.15) is 4.31 Å². The molecule has 21 heavy (non-hydrogen) atoms. The largest absolute Gasteiger partial charge is 0.399 e. The maximum absolute atomic E-state index is 13.8. The molecule has 0 aliphatic carbocycles. The molecule has 2 rings (SSSR count). The molecule has 0 spiro atoms. The molecule has 0 aliphatic rings. The van der Waals surface area contributed by atoms with Crippen molar-refractivity contribution >= 4 is 43.0 Å². The summed E-state index contributed by atoms with van der Waals surface area (Å²) in [5, 5.41) is 1.76. The summed E-state index contributed by atoms with van der Waals surface area (Å²) < 4.78 is 53.9. The van der Waals surface area contributed by atoms with Gasteiger partial charge in [-0.1, -0.05) is 0 Å². The third kappa shape index (κ3) is 3.42. The first-order chi connectivity index (χ1) is 9.71. The number of nitrogens with zero attached hydrogens (tertiary/aromatic N) is 1. The van der Waals surface area contributed by atoms with Crippen molar-refractivity contribution in [3.63, 3.8) is 0 Å². The number of nitrogens with two attached hydrogens (primary N) is 1. The minimum absolute atomic E-state index is 0.00763. The Kier molecular flexibility index (Phi) is 4.66. The van der Waals surface area contributed by atoms with Crippen molar-refractivity contribution in [2.24, 2.45) is 0 Å². The van der Waals surface area contributed by atoms with Crippen LogP contribution in [0.2, 0.25) is 0 Å². The predicted molar refractivity (Wildman–Crippen MR) is 81.4 cm³/mol. The topological polar surface area (TPSA) is 63.4 Å². The lowest BCUT2D eigenvalue weighted by Crippen LogP contribution is -2.28. The van der Waals surface area contributed by atoms with Gasteiger partial charge in [0, 0.05) is 19.3 Å². The highest BCUT2D eigenvalue weighted by molar-refractivity contribution is 9.11. The van der Waals surface area contributed by atoms with E-state index < -0.39 is 26.6 Å². The van der Waals surface area contributed by atoms with Crippen molar-refractivity contribution in [3.8, 4) is 0 Å². The van der Waals surface area contributed by atoms with E-state index in [1.807, 2.05) is 0 Å². The van der Waals surface area contributed by atoms with Gasteiger partial charge in [0.2, 0.25) is 10.0 Å². The Balaban J connectivity index is 2.38. The molecule has 2 aromatic rings. The molecule has 0 unspecified atom stereocenters. The molecule has 1 aromatic heterocycles. The highest BCUT2D eigenvalue weighted by Gasteiger charge is 2.29.